The number of para-hydroxylation sites is 1. The number of hydrogen-bond acceptors (Lipinski definition) is 2. The number of carbonyl (C=O) groups is 1. The van der Waals surface area contributed by atoms with E-state index in [0.717, 1.165) is 11.3 Å². The first-order valence-corrected chi connectivity index (χ1v) is 7.88. The normalized spacial score (nSPS) is 10.2. The first-order valence-electron chi connectivity index (χ1n) is 7.50. The summed E-state index contributed by atoms with van der Waals surface area (Å²) in [6, 6.07) is 20.1. The fourth-order valence-electron chi connectivity index (χ4n) is 2.29. The zero-order valence-corrected chi connectivity index (χ0v) is 13.6. The number of nitrogens with zero attached hydrogens (tertiary/aromatic N) is 2. The number of urea groups is 1. The Morgan fingerprint density at radius 1 is 1.00 bits per heavy atom. The van der Waals surface area contributed by atoms with Gasteiger partial charge in [0.15, 0.2) is 0 Å². The van der Waals surface area contributed by atoms with Gasteiger partial charge in [-0.1, -0.05) is 35.9 Å². The summed E-state index contributed by atoms with van der Waals surface area (Å²) in [7, 11) is 0. The van der Waals surface area contributed by atoms with Gasteiger partial charge in [0, 0.05) is 28.8 Å². The van der Waals surface area contributed by atoms with E-state index in [1.165, 1.54) is 0 Å². The standard InChI is InChI=1S/C19H16ClN3O/c20-16-8-10-17(11-9-16)22-19(24)23(18-6-2-1-3-7-18)14-15-5-4-12-21-13-15/h1-13H,14H2,(H,22,24). The molecule has 0 aliphatic heterocycles. The molecule has 0 atom stereocenters. The Hall–Kier alpha value is -2.85. The van der Waals surface area contributed by atoms with Gasteiger partial charge in [0.1, 0.15) is 0 Å². The molecule has 1 heterocycles. The average molecular weight is 338 g/mol. The molecule has 1 aromatic heterocycles. The highest BCUT2D eigenvalue weighted by atomic mass is 35.5. The van der Waals surface area contributed by atoms with E-state index in [2.05, 4.69) is 10.3 Å². The lowest BCUT2D eigenvalue weighted by Gasteiger charge is -2.23. The van der Waals surface area contributed by atoms with Crippen LogP contribution in [0.1, 0.15) is 5.56 Å². The Labute approximate surface area is 145 Å². The van der Waals surface area contributed by atoms with Crippen LogP contribution < -0.4 is 10.2 Å². The Kier molecular flexibility index (Phi) is 5.08. The molecule has 120 valence electrons. The van der Waals surface area contributed by atoms with Crippen LogP contribution in [0, 0.1) is 0 Å². The van der Waals surface area contributed by atoms with Gasteiger partial charge in [-0.2, -0.15) is 0 Å². The Morgan fingerprint density at radius 3 is 2.42 bits per heavy atom. The number of benzene rings is 2. The maximum absolute atomic E-state index is 12.8. The van der Waals surface area contributed by atoms with Crippen molar-refractivity contribution in [2.75, 3.05) is 10.2 Å². The van der Waals surface area contributed by atoms with Crippen LogP contribution >= 0.6 is 11.6 Å². The third-order valence-corrected chi connectivity index (χ3v) is 3.72. The smallest absolute Gasteiger partial charge is 0.308 e. The number of halogens is 1. The third kappa shape index (κ3) is 4.12. The molecule has 0 unspecified atom stereocenters. The Bertz CT molecular complexity index is 792. The van der Waals surface area contributed by atoms with Crippen LogP contribution in [0.2, 0.25) is 5.02 Å². The van der Waals surface area contributed by atoms with E-state index in [9.17, 15) is 4.79 Å². The number of amides is 2. The molecular formula is C19H16ClN3O. The van der Waals surface area contributed by atoms with E-state index in [0.29, 0.717) is 17.3 Å². The van der Waals surface area contributed by atoms with E-state index >= 15 is 0 Å². The minimum absolute atomic E-state index is 0.215. The van der Waals surface area contributed by atoms with Gasteiger partial charge in [0.2, 0.25) is 0 Å². The number of aromatic nitrogens is 1. The summed E-state index contributed by atoms with van der Waals surface area (Å²) < 4.78 is 0. The molecule has 4 nitrogen and oxygen atoms in total. The van der Waals surface area contributed by atoms with Crippen molar-refractivity contribution in [1.29, 1.82) is 0 Å². The Balaban J connectivity index is 1.83. The maximum atomic E-state index is 12.8. The molecule has 0 saturated carbocycles. The number of pyridine rings is 1. The van der Waals surface area contributed by atoms with Gasteiger partial charge in [-0.25, -0.2) is 4.79 Å². The lowest BCUT2D eigenvalue weighted by atomic mass is 10.2. The number of hydrogen-bond donors (Lipinski definition) is 1. The molecule has 24 heavy (non-hydrogen) atoms. The first-order chi connectivity index (χ1) is 11.7. The van der Waals surface area contributed by atoms with Crippen molar-refractivity contribution in [3.63, 3.8) is 0 Å². The van der Waals surface area contributed by atoms with Crippen LogP contribution in [-0.4, -0.2) is 11.0 Å². The second-order valence-corrected chi connectivity index (χ2v) is 5.66. The largest absolute Gasteiger partial charge is 0.326 e. The highest BCUT2D eigenvalue weighted by Crippen LogP contribution is 2.19. The third-order valence-electron chi connectivity index (χ3n) is 3.47. The van der Waals surface area contributed by atoms with Gasteiger partial charge in [0.25, 0.3) is 0 Å². The molecule has 1 N–H and O–H groups in total. The summed E-state index contributed by atoms with van der Waals surface area (Å²) in [5, 5.41) is 3.52. The topological polar surface area (TPSA) is 45.2 Å². The van der Waals surface area contributed by atoms with Crippen LogP contribution in [-0.2, 0) is 6.54 Å². The maximum Gasteiger partial charge on any atom is 0.326 e. The molecule has 2 amide bonds. The van der Waals surface area contributed by atoms with E-state index in [1.54, 1.807) is 41.6 Å². The van der Waals surface area contributed by atoms with Crippen molar-refractivity contribution in [1.82, 2.24) is 4.98 Å². The summed E-state index contributed by atoms with van der Waals surface area (Å²) >= 11 is 5.88. The summed E-state index contributed by atoms with van der Waals surface area (Å²) in [5.41, 5.74) is 2.46. The lowest BCUT2D eigenvalue weighted by Crippen LogP contribution is -2.34. The van der Waals surface area contributed by atoms with Crippen LogP contribution in [0.4, 0.5) is 16.2 Å². The highest BCUT2D eigenvalue weighted by molar-refractivity contribution is 6.30. The summed E-state index contributed by atoms with van der Waals surface area (Å²) in [6.07, 6.45) is 3.47. The van der Waals surface area contributed by atoms with Crippen molar-refractivity contribution in [2.45, 2.75) is 6.54 Å². The molecule has 3 aromatic rings. The molecule has 5 heteroatoms. The zero-order chi connectivity index (χ0) is 16.8. The van der Waals surface area contributed by atoms with Crippen LogP contribution in [0.3, 0.4) is 0 Å². The van der Waals surface area contributed by atoms with Crippen molar-refractivity contribution >= 4 is 29.0 Å². The van der Waals surface area contributed by atoms with E-state index in [4.69, 9.17) is 11.6 Å². The number of carbonyl (C=O) groups excluding carboxylic acids is 1. The monoisotopic (exact) mass is 337 g/mol. The van der Waals surface area contributed by atoms with Gasteiger partial charge in [-0.3, -0.25) is 9.88 Å². The first kappa shape index (κ1) is 16.0. The molecule has 3 rings (SSSR count). The molecule has 0 bridgehead atoms. The molecular weight excluding hydrogens is 322 g/mol. The average Bonchev–Trinajstić information content (AvgIpc) is 2.63. The van der Waals surface area contributed by atoms with Crippen molar-refractivity contribution in [2.24, 2.45) is 0 Å². The number of nitrogens with one attached hydrogen (secondary N) is 1. The SMILES string of the molecule is O=C(Nc1ccc(Cl)cc1)N(Cc1cccnc1)c1ccccc1. The second kappa shape index (κ2) is 7.62. The number of rotatable bonds is 4. The van der Waals surface area contributed by atoms with Gasteiger partial charge in [-0.15, -0.1) is 0 Å². The van der Waals surface area contributed by atoms with Crippen LogP contribution in [0.25, 0.3) is 0 Å². The summed E-state index contributed by atoms with van der Waals surface area (Å²) in [5.74, 6) is 0. The Morgan fingerprint density at radius 2 is 1.75 bits per heavy atom. The molecule has 0 aliphatic rings. The summed E-state index contributed by atoms with van der Waals surface area (Å²) in [6.45, 7) is 0.428. The highest BCUT2D eigenvalue weighted by Gasteiger charge is 2.16. The fraction of sp³-hybridized carbons (Fsp3) is 0.0526. The molecule has 0 spiro atoms. The van der Waals surface area contributed by atoms with Gasteiger partial charge >= 0.3 is 6.03 Å². The minimum Gasteiger partial charge on any atom is -0.308 e. The van der Waals surface area contributed by atoms with Gasteiger partial charge in [-0.05, 0) is 48.0 Å². The van der Waals surface area contributed by atoms with E-state index in [-0.39, 0.29) is 6.03 Å². The van der Waals surface area contributed by atoms with Gasteiger partial charge in [0.05, 0.1) is 6.54 Å². The lowest BCUT2D eigenvalue weighted by molar-refractivity contribution is 0.256. The molecule has 0 fully saturated rings. The fourth-order valence-corrected chi connectivity index (χ4v) is 2.41. The predicted octanol–water partition coefficient (Wildman–Crippen LogP) is 4.97. The number of anilines is 2. The molecule has 0 saturated heterocycles. The van der Waals surface area contributed by atoms with Crippen molar-refractivity contribution in [3.8, 4) is 0 Å². The minimum atomic E-state index is -0.215. The van der Waals surface area contributed by atoms with Crippen LogP contribution in [0.5, 0.6) is 0 Å². The van der Waals surface area contributed by atoms with E-state index < -0.39 is 0 Å². The summed E-state index contributed by atoms with van der Waals surface area (Å²) in [4.78, 5) is 18.5. The quantitative estimate of drug-likeness (QED) is 0.730. The van der Waals surface area contributed by atoms with Crippen LogP contribution in [0.15, 0.2) is 79.1 Å². The van der Waals surface area contributed by atoms with E-state index in [1.807, 2.05) is 42.5 Å². The van der Waals surface area contributed by atoms with Crippen molar-refractivity contribution < 1.29 is 4.79 Å². The van der Waals surface area contributed by atoms with Gasteiger partial charge < -0.3 is 5.32 Å². The molecule has 0 aliphatic carbocycles. The molecule has 2 aromatic carbocycles. The predicted molar refractivity (Wildman–Crippen MR) is 97.3 cm³/mol. The van der Waals surface area contributed by atoms with Crippen molar-refractivity contribution in [3.05, 3.63) is 89.7 Å². The second-order valence-electron chi connectivity index (χ2n) is 5.22. The molecule has 0 radical (unpaired) electrons. The zero-order valence-electron chi connectivity index (χ0n) is 12.9.